The van der Waals surface area contributed by atoms with Crippen molar-refractivity contribution in [2.24, 2.45) is 41.4 Å². The number of nitrogens with zero attached hydrogens (tertiary/aromatic N) is 9. The fourth-order valence-electron chi connectivity index (χ4n) is 17.9. The zero-order valence-electron chi connectivity index (χ0n) is 64.3. The van der Waals surface area contributed by atoms with E-state index in [1.54, 1.807) is 11.8 Å². The Balaban J connectivity index is 1.18. The summed E-state index contributed by atoms with van der Waals surface area (Å²) in [5, 5.41) is 7.72. The molecule has 29 heteroatoms. The SMILES string of the molecule is CC[C@H](C)[C@@H]1NC(=O)[C@H](CC(C)C)N(C)C(=O)C[C@@H](C(=O)N2CCOCC2)N(C)C(=O)[C@H](C2CCCC2)N(C)C(=O)C2(CCCC2)NC(=O)[C@@H]2CCCN2C(=O)[C@H](CCC2CCC(C(F)(F)F)C(Cl)C2)NC(=O)CN(C)C(=O)[C@H](CC2CCC(C)CC2)N2CCCCC[C@@H](C2=O)N(C)C(=O)CN(C)C1=O. The van der Waals surface area contributed by atoms with Crippen LogP contribution in [0, 0.1) is 41.4 Å². The number of morpholine rings is 1. The van der Waals surface area contributed by atoms with Crippen molar-refractivity contribution in [3.63, 3.8) is 0 Å². The van der Waals surface area contributed by atoms with Crippen LogP contribution in [0.1, 0.15) is 208 Å². The average Bonchev–Trinajstić information content (AvgIpc) is 1.73. The Morgan fingerprint density at radius 1 is 0.600 bits per heavy atom. The molecule has 0 aromatic rings. The maximum atomic E-state index is 15.8. The zero-order chi connectivity index (χ0) is 76.9. The van der Waals surface area contributed by atoms with E-state index in [0.29, 0.717) is 63.7 Å². The molecule has 2 bridgehead atoms. The Morgan fingerprint density at radius 3 is 1.85 bits per heavy atom. The number of carbonyl (C=O) groups is 12. The Kier molecular flexibility index (Phi) is 30.2. The topological polar surface area (TPSA) is 279 Å². The second-order valence-electron chi connectivity index (χ2n) is 32.7. The molecule has 592 valence electrons. The van der Waals surface area contributed by atoms with Gasteiger partial charge < -0.3 is 64.8 Å². The Hall–Kier alpha value is -6.32. The van der Waals surface area contributed by atoms with Crippen LogP contribution < -0.4 is 16.0 Å². The minimum Gasteiger partial charge on any atom is -0.378 e. The molecule has 8 rings (SSSR count). The zero-order valence-corrected chi connectivity index (χ0v) is 65.1. The number of amides is 12. The van der Waals surface area contributed by atoms with Crippen LogP contribution in [0.15, 0.2) is 0 Å². The van der Waals surface area contributed by atoms with Crippen molar-refractivity contribution in [2.75, 3.05) is 94.8 Å². The quantitative estimate of drug-likeness (QED) is 0.187. The molecule has 105 heavy (non-hydrogen) atoms. The van der Waals surface area contributed by atoms with Gasteiger partial charge in [0, 0.05) is 73.8 Å². The number of ether oxygens (including phenoxy) is 1. The lowest BCUT2D eigenvalue weighted by Crippen LogP contribution is -2.65. The highest BCUT2D eigenvalue weighted by Crippen LogP contribution is 2.44. The predicted molar refractivity (Wildman–Crippen MR) is 388 cm³/mol. The molecule has 4 saturated carbocycles. The average molecular weight is 1500 g/mol. The van der Waals surface area contributed by atoms with Gasteiger partial charge in [0.1, 0.15) is 53.9 Å². The van der Waals surface area contributed by atoms with Gasteiger partial charge in [0.15, 0.2) is 0 Å². The molecule has 4 heterocycles. The van der Waals surface area contributed by atoms with Gasteiger partial charge in [-0.25, -0.2) is 0 Å². The number of nitrogens with one attached hydrogen (secondary N) is 3. The van der Waals surface area contributed by atoms with Gasteiger partial charge in [0.05, 0.1) is 38.6 Å². The molecule has 1 spiro atoms. The first kappa shape index (κ1) is 84.3. The number of likely N-dealkylation sites (N-methyl/N-ethyl adjacent to an activating group) is 6. The monoisotopic (exact) mass is 1500 g/mol. The van der Waals surface area contributed by atoms with Gasteiger partial charge in [-0.3, -0.25) is 57.5 Å². The second-order valence-corrected chi connectivity index (χ2v) is 33.3. The van der Waals surface area contributed by atoms with Crippen LogP contribution in [0.25, 0.3) is 0 Å². The first-order chi connectivity index (χ1) is 49.7. The van der Waals surface area contributed by atoms with E-state index in [2.05, 4.69) is 22.9 Å². The molecule has 3 N–H and O–H groups in total. The molecule has 12 amide bonds. The number of alkyl halides is 4. The molecule has 0 aromatic heterocycles. The van der Waals surface area contributed by atoms with E-state index in [-0.39, 0.29) is 128 Å². The summed E-state index contributed by atoms with van der Waals surface area (Å²) in [7, 11) is 8.78. The minimum atomic E-state index is -4.51. The van der Waals surface area contributed by atoms with Gasteiger partial charge >= 0.3 is 6.18 Å². The maximum Gasteiger partial charge on any atom is 0.393 e. The lowest BCUT2D eigenvalue weighted by atomic mass is 9.78. The first-order valence-electron chi connectivity index (χ1n) is 39.3. The molecule has 12 atom stereocenters. The minimum absolute atomic E-state index is 0.00171. The number of halogens is 4. The van der Waals surface area contributed by atoms with Crippen LogP contribution in [-0.2, 0) is 62.3 Å². The summed E-state index contributed by atoms with van der Waals surface area (Å²) in [4.78, 5) is 195. The van der Waals surface area contributed by atoms with E-state index in [1.807, 2.05) is 20.8 Å². The number of hydrogen-bond donors (Lipinski definition) is 3. The van der Waals surface area contributed by atoms with Crippen molar-refractivity contribution in [3.05, 3.63) is 0 Å². The van der Waals surface area contributed by atoms with Gasteiger partial charge in [-0.05, 0) is 132 Å². The van der Waals surface area contributed by atoms with Gasteiger partial charge in [0.25, 0.3) is 0 Å². The van der Waals surface area contributed by atoms with E-state index in [4.69, 9.17) is 16.3 Å². The third-order valence-corrected chi connectivity index (χ3v) is 25.3. The summed E-state index contributed by atoms with van der Waals surface area (Å²) >= 11 is 6.45. The molecule has 4 aliphatic heterocycles. The van der Waals surface area contributed by atoms with Crippen molar-refractivity contribution < 1.29 is 75.4 Å². The van der Waals surface area contributed by atoms with Crippen LogP contribution in [0.2, 0.25) is 0 Å². The molecule has 0 radical (unpaired) electrons. The summed E-state index contributed by atoms with van der Waals surface area (Å²) in [5.41, 5.74) is -1.56. The molecule has 3 unspecified atom stereocenters. The van der Waals surface area contributed by atoms with Crippen LogP contribution in [0.5, 0.6) is 0 Å². The molecular weight excluding hydrogens is 1380 g/mol. The van der Waals surface area contributed by atoms with Crippen LogP contribution in [0.4, 0.5) is 13.2 Å². The lowest BCUT2D eigenvalue weighted by Gasteiger charge is -2.42. The van der Waals surface area contributed by atoms with E-state index in [1.165, 1.54) is 81.5 Å². The van der Waals surface area contributed by atoms with Crippen LogP contribution >= 0.6 is 11.6 Å². The molecule has 25 nitrogen and oxygen atoms in total. The third-order valence-electron chi connectivity index (χ3n) is 24.8. The lowest BCUT2D eigenvalue weighted by molar-refractivity contribution is -0.182. The Labute approximate surface area is 624 Å². The van der Waals surface area contributed by atoms with E-state index in [9.17, 15) is 27.6 Å². The highest BCUT2D eigenvalue weighted by Gasteiger charge is 2.53. The van der Waals surface area contributed by atoms with Crippen molar-refractivity contribution in [1.82, 2.24) is 60.0 Å². The highest BCUT2D eigenvalue weighted by molar-refractivity contribution is 6.21. The Morgan fingerprint density at radius 2 is 1.22 bits per heavy atom. The van der Waals surface area contributed by atoms with Gasteiger partial charge in [0.2, 0.25) is 70.9 Å². The summed E-state index contributed by atoms with van der Waals surface area (Å²) in [6.45, 7) is 9.43. The predicted octanol–water partition coefficient (Wildman–Crippen LogP) is 6.50. The fourth-order valence-corrected chi connectivity index (χ4v) is 18.4. The van der Waals surface area contributed by atoms with Gasteiger partial charge in [-0.2, -0.15) is 13.2 Å². The standard InChI is InChI=1S/C76H122ClF3N12O13/c1-12-49(5)64-72(102)85(7)46-63(95)86(8)57-23-14-13-19-35-92(71(57)101)60(43-51-27-25-48(4)26-28-51)69(99)84(6)45-61(93)81-55(32-30-50-29-31-53(54(77)42-50)76(78,79)80)68(98)91-36-20-24-56(91)67(97)83-75(33-17-18-34-75)74(104)89(11)65(52-21-15-16-22-52)73(103)88(10)59(70(100)90-37-39-105-40-38-90)44-62(94)87(9)58(41-47(2)3)66(96)82-64/h47-60,64-65H,12-46H2,1-11H3,(H,81,93)(H,82,96)(H,83,97)/t48?,49-,50?,51?,53?,54?,55-,56-,57-,58-,59-,60-,64-,65-/m0/s1. The van der Waals surface area contributed by atoms with Crippen molar-refractivity contribution >= 4 is 82.5 Å². The smallest absolute Gasteiger partial charge is 0.378 e. The fraction of sp³-hybridized carbons (Fsp3) is 0.842. The largest absolute Gasteiger partial charge is 0.393 e. The highest BCUT2D eigenvalue weighted by atomic mass is 35.5. The number of rotatable bonds is 11. The number of fused-ring (bicyclic) bond motifs is 3. The van der Waals surface area contributed by atoms with Crippen LogP contribution in [0.3, 0.4) is 0 Å². The molecule has 4 aliphatic carbocycles. The third kappa shape index (κ3) is 20.9. The van der Waals surface area contributed by atoms with Gasteiger partial charge in [-0.15, -0.1) is 11.6 Å². The molecule has 8 fully saturated rings. The summed E-state index contributed by atoms with van der Waals surface area (Å²) in [6.07, 6.45) is 5.66. The van der Waals surface area contributed by atoms with E-state index < -0.39 is 174 Å². The number of hydrogen-bond acceptors (Lipinski definition) is 13. The molecule has 0 aromatic carbocycles. The van der Waals surface area contributed by atoms with Crippen LogP contribution in [-0.4, -0.2) is 275 Å². The first-order valence-corrected chi connectivity index (χ1v) is 39.8. The van der Waals surface area contributed by atoms with E-state index in [0.717, 1.165) is 38.5 Å². The normalized spacial score (nSPS) is 31.8. The number of carbonyl (C=O) groups excluding carboxylic acids is 12. The summed E-state index contributed by atoms with van der Waals surface area (Å²) in [5.74, 6) is -9.97. The van der Waals surface area contributed by atoms with Crippen molar-refractivity contribution in [3.8, 4) is 0 Å². The molecular formula is C76H122ClF3N12O13. The van der Waals surface area contributed by atoms with Gasteiger partial charge in [-0.1, -0.05) is 105 Å². The molecule has 8 aliphatic rings. The summed E-state index contributed by atoms with van der Waals surface area (Å²) < 4.78 is 47.9. The van der Waals surface area contributed by atoms with Crippen molar-refractivity contribution in [2.45, 2.75) is 273 Å². The Bertz CT molecular complexity index is 3070. The van der Waals surface area contributed by atoms with Crippen molar-refractivity contribution in [1.29, 1.82) is 0 Å². The van der Waals surface area contributed by atoms with E-state index >= 15 is 43.2 Å². The maximum absolute atomic E-state index is 15.8. The summed E-state index contributed by atoms with van der Waals surface area (Å²) in [6, 6.07) is -9.68. The second kappa shape index (κ2) is 37.7. The molecule has 4 saturated heterocycles.